The van der Waals surface area contributed by atoms with E-state index in [4.69, 9.17) is 0 Å². The molecule has 0 aliphatic carbocycles. The number of rotatable bonds is 4. The largest absolute Gasteiger partial charge is 0.265 e. The summed E-state index contributed by atoms with van der Waals surface area (Å²) in [4.78, 5) is 13.8. The molecule has 0 radical (unpaired) electrons. The van der Waals surface area contributed by atoms with Crippen molar-refractivity contribution in [1.82, 2.24) is 4.98 Å². The van der Waals surface area contributed by atoms with Gasteiger partial charge in [-0.05, 0) is 24.1 Å². The maximum absolute atomic E-state index is 12.6. The maximum atomic E-state index is 12.6. The standard InChI is InChI=1S/C10H10F2N2O/c1-6(2)7-3-8(10(11)12)9(5-14-15)13-4-7/h3-4,10H,1,5H2,2H3. The van der Waals surface area contributed by atoms with Gasteiger partial charge >= 0.3 is 0 Å². The number of aromatic nitrogens is 1. The van der Waals surface area contributed by atoms with Crippen LogP contribution in [0.1, 0.15) is 30.2 Å². The quantitative estimate of drug-likeness (QED) is 0.718. The summed E-state index contributed by atoms with van der Waals surface area (Å²) >= 11 is 0. The summed E-state index contributed by atoms with van der Waals surface area (Å²) in [6.07, 6.45) is -1.25. The number of halogens is 2. The van der Waals surface area contributed by atoms with E-state index in [2.05, 4.69) is 16.7 Å². The average molecular weight is 212 g/mol. The molecule has 0 fully saturated rings. The van der Waals surface area contributed by atoms with E-state index < -0.39 is 6.43 Å². The molecule has 1 aromatic heterocycles. The Hall–Kier alpha value is -1.65. The lowest BCUT2D eigenvalue weighted by molar-refractivity contribution is 0.149. The monoisotopic (exact) mass is 212 g/mol. The van der Waals surface area contributed by atoms with Gasteiger partial charge in [0.2, 0.25) is 0 Å². The first-order valence-electron chi connectivity index (χ1n) is 4.28. The van der Waals surface area contributed by atoms with Gasteiger partial charge in [0.15, 0.2) is 0 Å². The molecule has 15 heavy (non-hydrogen) atoms. The zero-order valence-electron chi connectivity index (χ0n) is 8.20. The molecule has 0 saturated heterocycles. The first kappa shape index (κ1) is 11.4. The van der Waals surface area contributed by atoms with Crippen LogP contribution in [0.15, 0.2) is 24.0 Å². The van der Waals surface area contributed by atoms with Crippen LogP contribution >= 0.6 is 0 Å². The Morgan fingerprint density at radius 1 is 1.67 bits per heavy atom. The Balaban J connectivity index is 3.20. The first-order chi connectivity index (χ1) is 7.06. The van der Waals surface area contributed by atoms with E-state index >= 15 is 0 Å². The Morgan fingerprint density at radius 2 is 2.33 bits per heavy atom. The summed E-state index contributed by atoms with van der Waals surface area (Å²) in [5.41, 5.74) is 0.954. The van der Waals surface area contributed by atoms with Gasteiger partial charge < -0.3 is 0 Å². The third-order valence-corrected chi connectivity index (χ3v) is 1.95. The molecule has 0 unspecified atom stereocenters. The lowest BCUT2D eigenvalue weighted by atomic mass is 10.1. The number of hydrogen-bond donors (Lipinski definition) is 0. The number of pyridine rings is 1. The number of hydrogen-bond acceptors (Lipinski definition) is 3. The van der Waals surface area contributed by atoms with Crippen LogP contribution in [0, 0.1) is 4.91 Å². The molecule has 0 spiro atoms. The Bertz CT molecular complexity index is 391. The third-order valence-electron chi connectivity index (χ3n) is 1.95. The van der Waals surface area contributed by atoms with Crippen molar-refractivity contribution >= 4 is 5.57 Å². The van der Waals surface area contributed by atoms with E-state index in [-0.39, 0.29) is 17.8 Å². The van der Waals surface area contributed by atoms with Gasteiger partial charge in [-0.25, -0.2) is 8.78 Å². The molecule has 0 bridgehead atoms. The molecule has 0 saturated carbocycles. The van der Waals surface area contributed by atoms with Crippen molar-refractivity contribution in [3.8, 4) is 0 Å². The second-order valence-corrected chi connectivity index (χ2v) is 3.13. The predicted molar refractivity (Wildman–Crippen MR) is 53.4 cm³/mol. The average Bonchev–Trinajstić information content (AvgIpc) is 2.18. The van der Waals surface area contributed by atoms with Gasteiger partial charge in [0.05, 0.1) is 5.69 Å². The highest BCUT2D eigenvalue weighted by molar-refractivity contribution is 5.61. The fourth-order valence-electron chi connectivity index (χ4n) is 1.13. The van der Waals surface area contributed by atoms with Gasteiger partial charge in [-0.2, -0.15) is 4.91 Å². The fraction of sp³-hybridized carbons (Fsp3) is 0.300. The van der Waals surface area contributed by atoms with E-state index in [0.29, 0.717) is 11.1 Å². The minimum Gasteiger partial charge on any atom is -0.258 e. The molecule has 0 aliphatic rings. The molecular formula is C10H10F2N2O. The Morgan fingerprint density at radius 3 is 2.80 bits per heavy atom. The Kier molecular flexibility index (Phi) is 3.60. The van der Waals surface area contributed by atoms with Crippen molar-refractivity contribution in [2.45, 2.75) is 19.9 Å². The summed E-state index contributed by atoms with van der Waals surface area (Å²) in [5.74, 6) is 0. The SMILES string of the molecule is C=C(C)c1cnc(CN=O)c(C(F)F)c1. The smallest absolute Gasteiger partial charge is 0.258 e. The number of alkyl halides is 2. The van der Waals surface area contributed by atoms with Crippen LogP contribution in [0.2, 0.25) is 0 Å². The normalized spacial score (nSPS) is 10.4. The number of nitroso groups, excluding NO2 is 1. The minimum absolute atomic E-state index is 0.0185. The summed E-state index contributed by atoms with van der Waals surface area (Å²) in [7, 11) is 0. The van der Waals surface area contributed by atoms with Crippen LogP contribution in [-0.4, -0.2) is 4.98 Å². The van der Waals surface area contributed by atoms with Crippen molar-refractivity contribution < 1.29 is 8.78 Å². The number of allylic oxidation sites excluding steroid dienone is 1. The van der Waals surface area contributed by atoms with E-state index in [1.165, 1.54) is 12.3 Å². The van der Waals surface area contributed by atoms with Crippen LogP contribution in [0.5, 0.6) is 0 Å². The van der Waals surface area contributed by atoms with Crippen LogP contribution < -0.4 is 0 Å². The van der Waals surface area contributed by atoms with Gasteiger partial charge in [0.1, 0.15) is 6.54 Å². The van der Waals surface area contributed by atoms with E-state index in [1.54, 1.807) is 6.92 Å². The molecule has 0 amide bonds. The topological polar surface area (TPSA) is 42.3 Å². The van der Waals surface area contributed by atoms with Gasteiger partial charge in [0.25, 0.3) is 6.43 Å². The van der Waals surface area contributed by atoms with Crippen LogP contribution in [0.3, 0.4) is 0 Å². The molecule has 0 N–H and O–H groups in total. The maximum Gasteiger partial charge on any atom is 0.265 e. The van der Waals surface area contributed by atoms with Gasteiger partial charge in [-0.15, -0.1) is 0 Å². The molecule has 0 aliphatic heterocycles. The number of nitrogens with zero attached hydrogens (tertiary/aromatic N) is 2. The molecule has 0 aromatic carbocycles. The first-order valence-corrected chi connectivity index (χ1v) is 4.28. The third kappa shape index (κ3) is 2.65. The fourth-order valence-corrected chi connectivity index (χ4v) is 1.13. The van der Waals surface area contributed by atoms with Gasteiger partial charge in [-0.3, -0.25) is 4.98 Å². The van der Waals surface area contributed by atoms with Crippen molar-refractivity contribution in [2.24, 2.45) is 5.18 Å². The second-order valence-electron chi connectivity index (χ2n) is 3.13. The van der Waals surface area contributed by atoms with Crippen molar-refractivity contribution in [2.75, 3.05) is 0 Å². The highest BCUT2D eigenvalue weighted by atomic mass is 19.3. The molecule has 5 heteroatoms. The van der Waals surface area contributed by atoms with Crippen LogP contribution in [-0.2, 0) is 6.54 Å². The van der Waals surface area contributed by atoms with Gasteiger partial charge in [-0.1, -0.05) is 11.8 Å². The zero-order valence-corrected chi connectivity index (χ0v) is 8.20. The molecular weight excluding hydrogens is 202 g/mol. The summed E-state index contributed by atoms with van der Waals surface area (Å²) in [5, 5.41) is 2.56. The highest BCUT2D eigenvalue weighted by Crippen LogP contribution is 2.25. The minimum atomic E-state index is -2.66. The molecule has 1 aromatic rings. The van der Waals surface area contributed by atoms with Crippen LogP contribution in [0.25, 0.3) is 5.57 Å². The van der Waals surface area contributed by atoms with E-state index in [9.17, 15) is 13.7 Å². The van der Waals surface area contributed by atoms with Crippen molar-refractivity contribution in [3.63, 3.8) is 0 Å². The van der Waals surface area contributed by atoms with Crippen molar-refractivity contribution in [1.29, 1.82) is 0 Å². The second kappa shape index (κ2) is 4.72. The lowest BCUT2D eigenvalue weighted by Gasteiger charge is -2.07. The molecule has 1 heterocycles. The summed E-state index contributed by atoms with van der Waals surface area (Å²) in [6.45, 7) is 4.99. The lowest BCUT2D eigenvalue weighted by Crippen LogP contribution is -1.99. The molecule has 0 atom stereocenters. The Labute approximate surface area is 85.8 Å². The predicted octanol–water partition coefficient (Wildman–Crippen LogP) is 3.32. The molecule has 3 nitrogen and oxygen atoms in total. The highest BCUT2D eigenvalue weighted by Gasteiger charge is 2.15. The van der Waals surface area contributed by atoms with Gasteiger partial charge in [0, 0.05) is 11.8 Å². The van der Waals surface area contributed by atoms with E-state index in [0.717, 1.165) is 0 Å². The summed E-state index contributed by atoms with van der Waals surface area (Å²) in [6, 6.07) is 1.29. The molecule has 1 rings (SSSR count). The summed E-state index contributed by atoms with van der Waals surface area (Å²) < 4.78 is 25.2. The van der Waals surface area contributed by atoms with Crippen LogP contribution in [0.4, 0.5) is 8.78 Å². The molecule has 80 valence electrons. The zero-order chi connectivity index (χ0) is 11.4. The van der Waals surface area contributed by atoms with Crippen molar-refractivity contribution in [3.05, 3.63) is 40.6 Å². The van der Waals surface area contributed by atoms with E-state index in [1.807, 2.05) is 0 Å².